The van der Waals surface area contributed by atoms with Crippen LogP contribution in [0.15, 0.2) is 39.2 Å². The molecule has 0 unspecified atom stereocenters. The Hall–Kier alpha value is -2.91. The van der Waals surface area contributed by atoms with Gasteiger partial charge in [-0.3, -0.25) is 23.6 Å². The van der Waals surface area contributed by atoms with E-state index in [1.807, 2.05) is 18.2 Å². The molecule has 4 heterocycles. The van der Waals surface area contributed by atoms with Crippen LogP contribution in [-0.4, -0.2) is 59.7 Å². The van der Waals surface area contributed by atoms with Gasteiger partial charge >= 0.3 is 5.69 Å². The van der Waals surface area contributed by atoms with E-state index in [1.54, 1.807) is 17.1 Å². The molecule has 0 bridgehead atoms. The van der Waals surface area contributed by atoms with E-state index in [0.29, 0.717) is 35.3 Å². The molecule has 1 fully saturated rings. The zero-order valence-corrected chi connectivity index (χ0v) is 20.3. The topological polar surface area (TPSA) is 76.8 Å². The molecule has 2 aliphatic rings. The highest BCUT2D eigenvalue weighted by Crippen LogP contribution is 2.29. The Morgan fingerprint density at radius 1 is 0.941 bits per heavy atom. The molecule has 9 heteroatoms. The van der Waals surface area contributed by atoms with Crippen molar-refractivity contribution in [2.24, 2.45) is 0 Å². The molecular formula is C25H30N4O4S. The van der Waals surface area contributed by atoms with Crippen LogP contribution >= 0.6 is 11.3 Å². The van der Waals surface area contributed by atoms with Crippen LogP contribution in [0.3, 0.4) is 0 Å². The largest absolute Gasteiger partial charge is 0.495 e. The zero-order chi connectivity index (χ0) is 23.7. The van der Waals surface area contributed by atoms with Crippen LogP contribution in [0.25, 0.3) is 10.9 Å². The summed E-state index contributed by atoms with van der Waals surface area (Å²) < 4.78 is 8.48. The summed E-state index contributed by atoms with van der Waals surface area (Å²) in [4.78, 5) is 43.3. The van der Waals surface area contributed by atoms with Crippen LogP contribution in [0.2, 0.25) is 0 Å². The summed E-state index contributed by atoms with van der Waals surface area (Å²) in [6, 6.07) is 8.15. The number of carbonyl (C=O) groups excluding carboxylic acids is 1. The molecule has 0 amide bonds. The summed E-state index contributed by atoms with van der Waals surface area (Å²) in [7, 11) is 1.71. The number of unbranched alkanes of at least 4 members (excludes halogenated alkanes) is 2. The van der Waals surface area contributed by atoms with Gasteiger partial charge < -0.3 is 9.64 Å². The molecule has 0 spiro atoms. The van der Waals surface area contributed by atoms with Gasteiger partial charge in [0.15, 0.2) is 5.78 Å². The zero-order valence-electron chi connectivity index (χ0n) is 19.5. The first-order valence-electron chi connectivity index (χ1n) is 12.0. The van der Waals surface area contributed by atoms with Gasteiger partial charge in [-0.15, -0.1) is 11.3 Å². The molecule has 0 radical (unpaired) electrons. The molecule has 8 nitrogen and oxygen atoms in total. The normalized spacial score (nSPS) is 16.4. The van der Waals surface area contributed by atoms with E-state index in [-0.39, 0.29) is 17.0 Å². The van der Waals surface area contributed by atoms with Crippen molar-refractivity contribution in [1.82, 2.24) is 14.0 Å². The summed E-state index contributed by atoms with van der Waals surface area (Å²) in [5.41, 5.74) is 1.15. The summed E-state index contributed by atoms with van der Waals surface area (Å²) in [5, 5.41) is 2.23. The van der Waals surface area contributed by atoms with Crippen molar-refractivity contribution in [2.45, 2.75) is 38.8 Å². The quantitative estimate of drug-likeness (QED) is 0.460. The number of aryl methyl sites for hydroxylation is 1. The van der Waals surface area contributed by atoms with Gasteiger partial charge in [-0.2, -0.15) is 0 Å². The maximum Gasteiger partial charge on any atom is 0.331 e. The van der Waals surface area contributed by atoms with Gasteiger partial charge in [0.05, 0.1) is 28.6 Å². The van der Waals surface area contributed by atoms with E-state index in [0.717, 1.165) is 63.4 Å². The molecule has 1 aromatic carbocycles. The van der Waals surface area contributed by atoms with Crippen molar-refractivity contribution in [1.29, 1.82) is 0 Å². The predicted molar refractivity (Wildman–Crippen MR) is 135 cm³/mol. The lowest BCUT2D eigenvalue weighted by atomic mass is 10.1. The smallest absolute Gasteiger partial charge is 0.331 e. The molecule has 1 saturated heterocycles. The average molecular weight is 483 g/mol. The second kappa shape index (κ2) is 9.76. The summed E-state index contributed by atoms with van der Waals surface area (Å²) in [5.74, 6) is 0.944. The number of hydrogen-bond donors (Lipinski definition) is 0. The standard InChI is InChI=1S/C25H30N4O4S/c1-33-21-8-4-3-7-19(21)27-15-13-26(14-16-27)10-5-2-6-11-29-24(31)18-17-34-23-20(30)9-12-28(22(18)23)25(29)32/h3-4,7-8,17H,2,5-6,9-16H2,1H3. The van der Waals surface area contributed by atoms with Gasteiger partial charge in [0.1, 0.15) is 5.75 Å². The molecule has 0 saturated carbocycles. The van der Waals surface area contributed by atoms with Gasteiger partial charge in [-0.05, 0) is 31.5 Å². The average Bonchev–Trinajstić information content (AvgIpc) is 3.32. The molecule has 34 heavy (non-hydrogen) atoms. The number of hydrogen-bond acceptors (Lipinski definition) is 7. The van der Waals surface area contributed by atoms with E-state index in [4.69, 9.17) is 4.74 Å². The van der Waals surface area contributed by atoms with Crippen LogP contribution in [0.4, 0.5) is 5.69 Å². The van der Waals surface area contributed by atoms with Gasteiger partial charge in [0.25, 0.3) is 5.56 Å². The lowest BCUT2D eigenvalue weighted by molar-refractivity contribution is 0.0976. The fourth-order valence-electron chi connectivity index (χ4n) is 5.06. The Morgan fingerprint density at radius 3 is 2.50 bits per heavy atom. The number of benzene rings is 1. The van der Waals surface area contributed by atoms with Crippen LogP contribution in [-0.2, 0) is 13.1 Å². The van der Waals surface area contributed by atoms with E-state index in [9.17, 15) is 14.4 Å². The van der Waals surface area contributed by atoms with E-state index >= 15 is 0 Å². The lowest BCUT2D eigenvalue weighted by Crippen LogP contribution is -2.46. The number of thiophene rings is 1. The van der Waals surface area contributed by atoms with Crippen molar-refractivity contribution in [3.8, 4) is 5.75 Å². The highest BCUT2D eigenvalue weighted by atomic mass is 32.1. The third-order valence-electron chi connectivity index (χ3n) is 6.94. The minimum absolute atomic E-state index is 0.0280. The molecule has 2 aliphatic heterocycles. The van der Waals surface area contributed by atoms with Crippen molar-refractivity contribution in [3.05, 3.63) is 55.4 Å². The highest BCUT2D eigenvalue weighted by molar-refractivity contribution is 7.13. The lowest BCUT2D eigenvalue weighted by Gasteiger charge is -2.36. The number of ketones is 1. The molecule has 180 valence electrons. The first-order chi connectivity index (χ1) is 16.6. The maximum atomic E-state index is 12.9. The number of para-hydroxylation sites is 2. The number of aromatic nitrogens is 2. The number of rotatable bonds is 8. The number of Topliss-reactive ketones (excluding diaryl/α,β-unsaturated/α-hetero) is 1. The SMILES string of the molecule is COc1ccccc1N1CCN(CCCCCn2c(=O)c3csc4c3n(c2=O)CCC4=O)CC1. The Morgan fingerprint density at radius 2 is 1.71 bits per heavy atom. The second-order valence-electron chi connectivity index (χ2n) is 8.95. The minimum atomic E-state index is -0.280. The van der Waals surface area contributed by atoms with E-state index in [1.165, 1.54) is 15.9 Å². The van der Waals surface area contributed by atoms with Crippen molar-refractivity contribution in [2.75, 3.05) is 44.7 Å². The number of methoxy groups -OCH3 is 1. The third kappa shape index (κ3) is 4.18. The Labute approximate surface area is 202 Å². The van der Waals surface area contributed by atoms with E-state index < -0.39 is 0 Å². The summed E-state index contributed by atoms with van der Waals surface area (Å²) in [6.45, 7) is 5.78. The van der Waals surface area contributed by atoms with Crippen molar-refractivity contribution in [3.63, 3.8) is 0 Å². The number of piperazine rings is 1. The third-order valence-corrected chi connectivity index (χ3v) is 7.95. The molecule has 0 atom stereocenters. The summed E-state index contributed by atoms with van der Waals surface area (Å²) in [6.07, 6.45) is 3.11. The molecular weight excluding hydrogens is 452 g/mol. The number of carbonyl (C=O) groups is 1. The number of ether oxygens (including phenoxy) is 1. The summed E-state index contributed by atoms with van der Waals surface area (Å²) >= 11 is 1.28. The monoisotopic (exact) mass is 482 g/mol. The fraction of sp³-hybridized carbons (Fsp3) is 0.480. The van der Waals surface area contributed by atoms with Gasteiger partial charge in [-0.1, -0.05) is 18.6 Å². The van der Waals surface area contributed by atoms with Gasteiger partial charge in [0, 0.05) is 51.1 Å². The first-order valence-corrected chi connectivity index (χ1v) is 12.8. The van der Waals surface area contributed by atoms with Crippen LogP contribution in [0.5, 0.6) is 5.75 Å². The molecule has 0 aliphatic carbocycles. The van der Waals surface area contributed by atoms with Crippen molar-refractivity contribution >= 4 is 33.7 Å². The van der Waals surface area contributed by atoms with Crippen LogP contribution < -0.4 is 20.9 Å². The Balaban J connectivity index is 1.13. The number of anilines is 1. The number of nitrogens with zero attached hydrogens (tertiary/aromatic N) is 4. The Kier molecular flexibility index (Phi) is 6.56. The van der Waals surface area contributed by atoms with Crippen molar-refractivity contribution < 1.29 is 9.53 Å². The van der Waals surface area contributed by atoms with Crippen LogP contribution in [0.1, 0.15) is 35.4 Å². The Bertz CT molecular complexity index is 1320. The molecule has 0 N–H and O–H groups in total. The predicted octanol–water partition coefficient (Wildman–Crippen LogP) is 2.81. The molecule has 3 aromatic rings. The molecule has 2 aromatic heterocycles. The fourth-order valence-corrected chi connectivity index (χ4v) is 6.07. The first kappa shape index (κ1) is 22.9. The van der Waals surface area contributed by atoms with Crippen LogP contribution in [0, 0.1) is 0 Å². The highest BCUT2D eigenvalue weighted by Gasteiger charge is 2.25. The van der Waals surface area contributed by atoms with Gasteiger partial charge in [0.2, 0.25) is 0 Å². The minimum Gasteiger partial charge on any atom is -0.495 e. The van der Waals surface area contributed by atoms with E-state index in [2.05, 4.69) is 15.9 Å². The van der Waals surface area contributed by atoms with Gasteiger partial charge in [-0.25, -0.2) is 4.79 Å². The second-order valence-corrected chi connectivity index (χ2v) is 9.83. The molecule has 5 rings (SSSR count). The maximum absolute atomic E-state index is 12.9.